The van der Waals surface area contributed by atoms with E-state index in [4.69, 9.17) is 14.2 Å². The molecule has 3 rings (SSSR count). The molecule has 0 amide bonds. The van der Waals surface area contributed by atoms with Crippen LogP contribution in [-0.4, -0.2) is 28.6 Å². The molecule has 0 bridgehead atoms. The highest BCUT2D eigenvalue weighted by molar-refractivity contribution is 9.10. The molecule has 1 atom stereocenters. The lowest BCUT2D eigenvalue weighted by molar-refractivity contribution is -0.150. The van der Waals surface area contributed by atoms with Gasteiger partial charge < -0.3 is 14.2 Å². The maximum Gasteiger partial charge on any atom is 0.347 e. The Morgan fingerprint density at radius 1 is 1.22 bits per heavy atom. The maximum absolute atomic E-state index is 14.3. The summed E-state index contributed by atoms with van der Waals surface area (Å²) in [6.07, 6.45) is 0.539. The smallest absolute Gasteiger partial charge is 0.347 e. The van der Waals surface area contributed by atoms with E-state index < -0.39 is 17.9 Å². The molecule has 0 saturated carbocycles. The van der Waals surface area contributed by atoms with E-state index in [0.717, 1.165) is 10.5 Å². The molecular formula is C19H16BrFN2O4. The van der Waals surface area contributed by atoms with Gasteiger partial charge in [-0.3, -0.25) is 0 Å². The van der Waals surface area contributed by atoms with Crippen molar-refractivity contribution in [2.75, 3.05) is 6.61 Å². The van der Waals surface area contributed by atoms with Crippen molar-refractivity contribution in [3.63, 3.8) is 0 Å². The fourth-order valence-electron chi connectivity index (χ4n) is 2.28. The third-order valence-electron chi connectivity index (χ3n) is 3.53. The average Bonchev–Trinajstić information content (AvgIpc) is 2.64. The van der Waals surface area contributed by atoms with Crippen molar-refractivity contribution in [3.05, 3.63) is 52.9 Å². The number of hydrogen-bond acceptors (Lipinski definition) is 6. The predicted molar refractivity (Wildman–Crippen MR) is 100 cm³/mol. The molecule has 1 heterocycles. The maximum atomic E-state index is 14.3. The topological polar surface area (TPSA) is 70.5 Å². The Hall–Kier alpha value is -2.74. The van der Waals surface area contributed by atoms with Crippen molar-refractivity contribution in [3.8, 4) is 17.4 Å². The second-order valence-electron chi connectivity index (χ2n) is 5.55. The van der Waals surface area contributed by atoms with Crippen LogP contribution in [0.1, 0.15) is 13.8 Å². The molecule has 3 aromatic rings. The number of ether oxygens (including phenoxy) is 3. The van der Waals surface area contributed by atoms with E-state index in [1.54, 1.807) is 13.0 Å². The lowest BCUT2D eigenvalue weighted by Crippen LogP contribution is -2.26. The molecule has 6 nitrogen and oxygen atoms in total. The summed E-state index contributed by atoms with van der Waals surface area (Å²) in [6, 6.07) is 9.53. The van der Waals surface area contributed by atoms with Crippen LogP contribution in [0.4, 0.5) is 4.39 Å². The van der Waals surface area contributed by atoms with Crippen molar-refractivity contribution in [1.82, 2.24) is 9.97 Å². The van der Waals surface area contributed by atoms with Crippen LogP contribution in [0, 0.1) is 5.82 Å². The van der Waals surface area contributed by atoms with Crippen molar-refractivity contribution in [1.29, 1.82) is 0 Å². The molecule has 0 radical (unpaired) electrons. The Balaban J connectivity index is 1.74. The van der Waals surface area contributed by atoms with E-state index in [0.29, 0.717) is 11.0 Å². The van der Waals surface area contributed by atoms with Crippen molar-refractivity contribution in [2.24, 2.45) is 0 Å². The number of hydrogen-bond donors (Lipinski definition) is 0. The standard InChI is InChI=1S/C19H16BrFN2O4/c1-3-25-19(24)11(2)26-17-7-5-13(9-14(17)21)27-18-10-22-16-8-12(20)4-6-15(16)23-18/h4-11H,3H2,1-2H3. The minimum Gasteiger partial charge on any atom is -0.476 e. The fraction of sp³-hybridized carbons (Fsp3) is 0.211. The summed E-state index contributed by atoms with van der Waals surface area (Å²) in [6.45, 7) is 3.41. The summed E-state index contributed by atoms with van der Waals surface area (Å²) in [4.78, 5) is 20.2. The van der Waals surface area contributed by atoms with E-state index in [9.17, 15) is 9.18 Å². The largest absolute Gasteiger partial charge is 0.476 e. The summed E-state index contributed by atoms with van der Waals surface area (Å²) < 4.78 is 30.9. The zero-order valence-corrected chi connectivity index (χ0v) is 16.2. The zero-order chi connectivity index (χ0) is 19.4. The van der Waals surface area contributed by atoms with E-state index in [-0.39, 0.29) is 24.0 Å². The Morgan fingerprint density at radius 3 is 2.78 bits per heavy atom. The minimum atomic E-state index is -0.920. The molecule has 0 spiro atoms. The van der Waals surface area contributed by atoms with Gasteiger partial charge in [0, 0.05) is 10.5 Å². The van der Waals surface area contributed by atoms with Crippen molar-refractivity contribution >= 4 is 32.9 Å². The van der Waals surface area contributed by atoms with Gasteiger partial charge in [0.1, 0.15) is 5.75 Å². The van der Waals surface area contributed by atoms with Gasteiger partial charge in [0.2, 0.25) is 5.88 Å². The molecule has 1 unspecified atom stereocenters. The minimum absolute atomic E-state index is 0.0719. The molecule has 140 valence electrons. The van der Waals surface area contributed by atoms with Gasteiger partial charge in [-0.1, -0.05) is 15.9 Å². The van der Waals surface area contributed by atoms with Crippen molar-refractivity contribution < 1.29 is 23.4 Å². The van der Waals surface area contributed by atoms with Gasteiger partial charge in [0.05, 0.1) is 23.8 Å². The molecule has 0 aliphatic heterocycles. The van der Waals surface area contributed by atoms with Gasteiger partial charge in [-0.25, -0.2) is 19.2 Å². The van der Waals surface area contributed by atoms with Crippen LogP contribution in [0.2, 0.25) is 0 Å². The van der Waals surface area contributed by atoms with Crippen LogP contribution in [0.3, 0.4) is 0 Å². The number of halogens is 2. The van der Waals surface area contributed by atoms with Gasteiger partial charge in [-0.15, -0.1) is 0 Å². The number of aromatic nitrogens is 2. The lowest BCUT2D eigenvalue weighted by Gasteiger charge is -2.14. The van der Waals surface area contributed by atoms with Gasteiger partial charge in [0.15, 0.2) is 17.7 Å². The third-order valence-corrected chi connectivity index (χ3v) is 4.02. The zero-order valence-electron chi connectivity index (χ0n) is 14.6. The molecular weight excluding hydrogens is 419 g/mol. The van der Waals surface area contributed by atoms with Gasteiger partial charge in [-0.2, -0.15) is 0 Å². The first kappa shape index (κ1) is 19.0. The Bertz CT molecular complexity index is 983. The molecule has 0 aliphatic carbocycles. The third kappa shape index (κ3) is 4.71. The van der Waals surface area contributed by atoms with Gasteiger partial charge in [0.25, 0.3) is 0 Å². The summed E-state index contributed by atoms with van der Waals surface area (Å²) in [5, 5.41) is 0. The van der Waals surface area contributed by atoms with Crippen LogP contribution in [0.5, 0.6) is 17.4 Å². The summed E-state index contributed by atoms with van der Waals surface area (Å²) in [7, 11) is 0. The molecule has 0 aliphatic rings. The Labute approximate surface area is 163 Å². The number of nitrogens with zero attached hydrogens (tertiary/aromatic N) is 2. The molecule has 1 aromatic heterocycles. The summed E-state index contributed by atoms with van der Waals surface area (Å²) in [5.74, 6) is -0.832. The first-order chi connectivity index (χ1) is 13.0. The van der Waals surface area contributed by atoms with E-state index >= 15 is 0 Å². The van der Waals surface area contributed by atoms with Crippen LogP contribution in [0.15, 0.2) is 47.1 Å². The Kier molecular flexibility index (Phi) is 5.85. The highest BCUT2D eigenvalue weighted by atomic mass is 79.9. The molecule has 2 aromatic carbocycles. The average molecular weight is 435 g/mol. The monoisotopic (exact) mass is 434 g/mol. The molecule has 0 fully saturated rings. The van der Waals surface area contributed by atoms with Gasteiger partial charge in [-0.05, 0) is 44.2 Å². The predicted octanol–water partition coefficient (Wildman–Crippen LogP) is 4.65. The summed E-state index contributed by atoms with van der Waals surface area (Å²) in [5.41, 5.74) is 1.36. The Morgan fingerprint density at radius 2 is 2.04 bits per heavy atom. The number of carbonyl (C=O) groups is 1. The molecule has 27 heavy (non-hydrogen) atoms. The number of rotatable bonds is 6. The second kappa shape index (κ2) is 8.30. The van der Waals surface area contributed by atoms with Crippen molar-refractivity contribution in [2.45, 2.75) is 20.0 Å². The number of esters is 1. The first-order valence-corrected chi connectivity index (χ1v) is 8.98. The number of fused-ring (bicyclic) bond motifs is 1. The highest BCUT2D eigenvalue weighted by Gasteiger charge is 2.18. The van der Waals surface area contributed by atoms with Crippen LogP contribution >= 0.6 is 15.9 Å². The first-order valence-electron chi connectivity index (χ1n) is 8.19. The molecule has 0 saturated heterocycles. The van der Waals surface area contributed by atoms with E-state index in [1.165, 1.54) is 25.3 Å². The lowest BCUT2D eigenvalue weighted by atomic mass is 10.3. The van der Waals surface area contributed by atoms with Crippen LogP contribution < -0.4 is 9.47 Å². The number of benzene rings is 2. The fourth-order valence-corrected chi connectivity index (χ4v) is 2.62. The van der Waals surface area contributed by atoms with Gasteiger partial charge >= 0.3 is 5.97 Å². The quantitative estimate of drug-likeness (QED) is 0.525. The molecule has 0 N–H and O–H groups in total. The normalized spacial score (nSPS) is 11.9. The van der Waals surface area contributed by atoms with Crippen LogP contribution in [-0.2, 0) is 9.53 Å². The SMILES string of the molecule is CCOC(=O)C(C)Oc1ccc(Oc2cnc3cc(Br)ccc3n2)cc1F. The number of carbonyl (C=O) groups excluding carboxylic acids is 1. The van der Waals surface area contributed by atoms with E-state index in [2.05, 4.69) is 25.9 Å². The second-order valence-corrected chi connectivity index (χ2v) is 6.46. The molecule has 8 heteroatoms. The van der Waals surface area contributed by atoms with E-state index in [1.807, 2.05) is 12.1 Å². The van der Waals surface area contributed by atoms with Crippen LogP contribution in [0.25, 0.3) is 11.0 Å². The summed E-state index contributed by atoms with van der Waals surface area (Å²) >= 11 is 3.37. The highest BCUT2D eigenvalue weighted by Crippen LogP contribution is 2.27.